The summed E-state index contributed by atoms with van der Waals surface area (Å²) in [5.74, 6) is 2.22. The van der Waals surface area contributed by atoms with Crippen LogP contribution in [0, 0.1) is 5.92 Å². The van der Waals surface area contributed by atoms with Crippen LogP contribution in [0.25, 0.3) is 0 Å². The first kappa shape index (κ1) is 16.0. The molecule has 1 fully saturated rings. The fraction of sp³-hybridized carbons (Fsp3) is 0.647. The molecule has 21 heavy (non-hydrogen) atoms. The summed E-state index contributed by atoms with van der Waals surface area (Å²) >= 11 is 0. The average molecular weight is 292 g/mol. The molecule has 1 aliphatic heterocycles. The zero-order chi connectivity index (χ0) is 15.2. The topological polar surface area (TPSA) is 33.7 Å². The molecular weight excluding hydrogens is 264 g/mol. The molecule has 0 radical (unpaired) electrons. The smallest absolute Gasteiger partial charge is 0.162 e. The van der Waals surface area contributed by atoms with E-state index >= 15 is 0 Å². The predicted molar refractivity (Wildman–Crippen MR) is 87.6 cm³/mol. The van der Waals surface area contributed by atoms with E-state index in [1.807, 2.05) is 6.07 Å². The highest BCUT2D eigenvalue weighted by Gasteiger charge is 2.19. The second-order valence-corrected chi connectivity index (χ2v) is 5.89. The van der Waals surface area contributed by atoms with Crippen molar-refractivity contribution in [1.82, 2.24) is 5.32 Å². The highest BCUT2D eigenvalue weighted by molar-refractivity contribution is 5.56. The maximum Gasteiger partial charge on any atom is 0.162 e. The lowest BCUT2D eigenvalue weighted by Crippen LogP contribution is -2.43. The minimum absolute atomic E-state index is 0.621. The number of ether oxygens (including phenoxy) is 2. The first-order chi connectivity index (χ1) is 10.2. The summed E-state index contributed by atoms with van der Waals surface area (Å²) in [6.07, 6.45) is 2.37. The quantitative estimate of drug-likeness (QED) is 0.925. The summed E-state index contributed by atoms with van der Waals surface area (Å²) in [6, 6.07) is 6.83. The van der Waals surface area contributed by atoms with Crippen LogP contribution in [-0.2, 0) is 0 Å². The molecule has 0 spiro atoms. The zero-order valence-electron chi connectivity index (χ0n) is 13.7. The average Bonchev–Trinajstić information content (AvgIpc) is 2.50. The minimum Gasteiger partial charge on any atom is -0.493 e. The van der Waals surface area contributed by atoms with E-state index < -0.39 is 0 Å². The summed E-state index contributed by atoms with van der Waals surface area (Å²) in [7, 11) is 3.36. The molecule has 1 aromatic carbocycles. The third kappa shape index (κ3) is 4.03. The van der Waals surface area contributed by atoms with Gasteiger partial charge in [-0.15, -0.1) is 0 Å². The molecule has 4 nitrogen and oxygen atoms in total. The Morgan fingerprint density at radius 2 is 2.00 bits per heavy atom. The zero-order valence-corrected chi connectivity index (χ0v) is 13.7. The van der Waals surface area contributed by atoms with Gasteiger partial charge in [0, 0.05) is 30.9 Å². The SMILES string of the molecule is CCC1CCN(c2ccc(OC)c(OC)c2)CC(C)CN1. The van der Waals surface area contributed by atoms with Gasteiger partial charge in [-0.3, -0.25) is 0 Å². The molecule has 0 bridgehead atoms. The predicted octanol–water partition coefficient (Wildman–Crippen LogP) is 2.92. The number of hydrogen-bond acceptors (Lipinski definition) is 4. The van der Waals surface area contributed by atoms with Crippen molar-refractivity contribution in [2.24, 2.45) is 5.92 Å². The fourth-order valence-electron chi connectivity index (χ4n) is 2.92. The van der Waals surface area contributed by atoms with Crippen molar-refractivity contribution in [3.05, 3.63) is 18.2 Å². The number of nitrogens with one attached hydrogen (secondary N) is 1. The second-order valence-electron chi connectivity index (χ2n) is 5.89. The molecule has 1 saturated heterocycles. The molecule has 1 N–H and O–H groups in total. The molecule has 4 heteroatoms. The van der Waals surface area contributed by atoms with Crippen molar-refractivity contribution in [1.29, 1.82) is 0 Å². The molecule has 0 amide bonds. The molecule has 2 atom stereocenters. The van der Waals surface area contributed by atoms with Gasteiger partial charge in [0.2, 0.25) is 0 Å². The second kappa shape index (κ2) is 7.55. The van der Waals surface area contributed by atoms with E-state index in [9.17, 15) is 0 Å². The summed E-state index contributed by atoms with van der Waals surface area (Å²) in [5, 5.41) is 3.66. The van der Waals surface area contributed by atoms with E-state index in [2.05, 4.69) is 36.2 Å². The Morgan fingerprint density at radius 3 is 2.67 bits per heavy atom. The molecule has 0 saturated carbocycles. The molecule has 0 aromatic heterocycles. The molecule has 2 unspecified atom stereocenters. The van der Waals surface area contributed by atoms with Crippen molar-refractivity contribution in [3.63, 3.8) is 0 Å². The summed E-state index contributed by atoms with van der Waals surface area (Å²) < 4.78 is 10.8. The Labute approximate surface area is 128 Å². The Morgan fingerprint density at radius 1 is 1.24 bits per heavy atom. The van der Waals surface area contributed by atoms with Gasteiger partial charge < -0.3 is 19.7 Å². The Kier molecular flexibility index (Phi) is 5.74. The van der Waals surface area contributed by atoms with Gasteiger partial charge in [-0.2, -0.15) is 0 Å². The number of anilines is 1. The molecular formula is C17H28N2O2. The summed E-state index contributed by atoms with van der Waals surface area (Å²) in [4.78, 5) is 2.47. The van der Waals surface area contributed by atoms with Crippen molar-refractivity contribution in [3.8, 4) is 11.5 Å². The normalized spacial score (nSPS) is 23.3. The lowest BCUT2D eigenvalue weighted by molar-refractivity contribution is 0.354. The molecule has 0 aliphatic carbocycles. The minimum atomic E-state index is 0.621. The molecule has 1 aromatic rings. The molecule has 118 valence electrons. The van der Waals surface area contributed by atoms with Gasteiger partial charge in [0.1, 0.15) is 0 Å². The largest absolute Gasteiger partial charge is 0.493 e. The van der Waals surface area contributed by atoms with E-state index in [1.165, 1.54) is 18.5 Å². The number of hydrogen-bond donors (Lipinski definition) is 1. The van der Waals surface area contributed by atoms with E-state index in [0.717, 1.165) is 31.1 Å². The van der Waals surface area contributed by atoms with Gasteiger partial charge in [-0.05, 0) is 37.4 Å². The van der Waals surface area contributed by atoms with Crippen LogP contribution in [0.5, 0.6) is 11.5 Å². The molecule has 1 heterocycles. The van der Waals surface area contributed by atoms with Crippen LogP contribution in [0.1, 0.15) is 26.7 Å². The maximum absolute atomic E-state index is 5.43. The van der Waals surface area contributed by atoms with Gasteiger partial charge in [-0.1, -0.05) is 13.8 Å². The number of nitrogens with zero attached hydrogens (tertiary/aromatic N) is 1. The van der Waals surface area contributed by atoms with Crippen LogP contribution in [0.3, 0.4) is 0 Å². The number of methoxy groups -OCH3 is 2. The van der Waals surface area contributed by atoms with Crippen molar-refractivity contribution >= 4 is 5.69 Å². The standard InChI is InChI=1S/C17H28N2O2/c1-5-14-8-9-19(12-13(2)11-18-14)15-6-7-16(20-3)17(10-15)21-4/h6-7,10,13-14,18H,5,8-9,11-12H2,1-4H3. The van der Waals surface area contributed by atoms with Crippen LogP contribution >= 0.6 is 0 Å². The van der Waals surface area contributed by atoms with E-state index in [-0.39, 0.29) is 0 Å². The highest BCUT2D eigenvalue weighted by atomic mass is 16.5. The maximum atomic E-state index is 5.43. The first-order valence-corrected chi connectivity index (χ1v) is 7.88. The van der Waals surface area contributed by atoms with E-state index in [4.69, 9.17) is 9.47 Å². The van der Waals surface area contributed by atoms with E-state index in [1.54, 1.807) is 14.2 Å². The number of benzene rings is 1. The Balaban J connectivity index is 2.18. The van der Waals surface area contributed by atoms with Gasteiger partial charge in [0.25, 0.3) is 0 Å². The molecule has 2 rings (SSSR count). The Bertz CT molecular complexity index is 450. The van der Waals surface area contributed by atoms with E-state index in [0.29, 0.717) is 12.0 Å². The molecule has 1 aliphatic rings. The lowest BCUT2D eigenvalue weighted by Gasteiger charge is -2.33. The van der Waals surface area contributed by atoms with Crippen LogP contribution < -0.4 is 19.7 Å². The van der Waals surface area contributed by atoms with Crippen molar-refractivity contribution in [2.45, 2.75) is 32.7 Å². The first-order valence-electron chi connectivity index (χ1n) is 7.88. The lowest BCUT2D eigenvalue weighted by atomic mass is 10.0. The highest BCUT2D eigenvalue weighted by Crippen LogP contribution is 2.32. The number of rotatable bonds is 4. The van der Waals surface area contributed by atoms with Gasteiger partial charge >= 0.3 is 0 Å². The third-order valence-electron chi connectivity index (χ3n) is 4.26. The van der Waals surface area contributed by atoms with Crippen LogP contribution in [-0.4, -0.2) is 39.9 Å². The van der Waals surface area contributed by atoms with Crippen LogP contribution in [0.4, 0.5) is 5.69 Å². The third-order valence-corrected chi connectivity index (χ3v) is 4.26. The van der Waals surface area contributed by atoms with Gasteiger partial charge in [-0.25, -0.2) is 0 Å². The van der Waals surface area contributed by atoms with Crippen LogP contribution in [0.2, 0.25) is 0 Å². The van der Waals surface area contributed by atoms with Crippen molar-refractivity contribution in [2.75, 3.05) is 38.8 Å². The Hall–Kier alpha value is -1.42. The van der Waals surface area contributed by atoms with Crippen LogP contribution in [0.15, 0.2) is 18.2 Å². The van der Waals surface area contributed by atoms with Gasteiger partial charge in [0.05, 0.1) is 14.2 Å². The van der Waals surface area contributed by atoms with Crippen molar-refractivity contribution < 1.29 is 9.47 Å². The van der Waals surface area contributed by atoms with Gasteiger partial charge in [0.15, 0.2) is 11.5 Å². The fourth-order valence-corrected chi connectivity index (χ4v) is 2.92. The summed E-state index contributed by atoms with van der Waals surface area (Å²) in [6.45, 7) is 7.79. The monoisotopic (exact) mass is 292 g/mol. The summed E-state index contributed by atoms with van der Waals surface area (Å²) in [5.41, 5.74) is 1.22.